The second kappa shape index (κ2) is 6.82. The van der Waals surface area contributed by atoms with Crippen LogP contribution in [0.2, 0.25) is 0 Å². The molecule has 2 aromatic heterocycles. The molecule has 1 aromatic carbocycles. The van der Waals surface area contributed by atoms with Crippen molar-refractivity contribution < 1.29 is 18.5 Å². The van der Waals surface area contributed by atoms with E-state index in [1.807, 2.05) is 24.3 Å². The Morgan fingerprint density at radius 1 is 1.21 bits per heavy atom. The molecule has 0 radical (unpaired) electrons. The van der Waals surface area contributed by atoms with Crippen LogP contribution >= 0.6 is 0 Å². The second-order valence-corrected chi connectivity index (χ2v) is 4.94. The summed E-state index contributed by atoms with van der Waals surface area (Å²) in [5.74, 6) is 0.973. The lowest BCUT2D eigenvalue weighted by molar-refractivity contribution is 0.0947. The van der Waals surface area contributed by atoms with E-state index in [2.05, 4.69) is 14.9 Å². The lowest BCUT2D eigenvalue weighted by Gasteiger charge is -2.01. The molecule has 0 saturated heterocycles. The lowest BCUT2D eigenvalue weighted by Crippen LogP contribution is -2.23. The van der Waals surface area contributed by atoms with Crippen LogP contribution in [0.5, 0.6) is 5.75 Å². The van der Waals surface area contributed by atoms with E-state index in [0.717, 1.165) is 17.6 Å². The maximum atomic E-state index is 11.9. The summed E-state index contributed by atoms with van der Waals surface area (Å²) in [6.07, 6.45) is 1.11. The number of hydrogen-bond acceptors (Lipinski definition) is 6. The fraction of sp³-hybridized carbons (Fsp3) is 0.118. The number of amides is 1. The Hall–Kier alpha value is -3.35. The molecule has 24 heavy (non-hydrogen) atoms. The van der Waals surface area contributed by atoms with Gasteiger partial charge < -0.3 is 19.0 Å². The first-order valence-electron chi connectivity index (χ1n) is 7.13. The molecule has 0 unspecified atom stereocenters. The third-order valence-corrected chi connectivity index (χ3v) is 3.33. The Balaban J connectivity index is 1.64. The quantitative estimate of drug-likeness (QED) is 0.772. The van der Waals surface area contributed by atoms with E-state index in [9.17, 15) is 9.59 Å². The third-order valence-electron chi connectivity index (χ3n) is 3.33. The van der Waals surface area contributed by atoms with Gasteiger partial charge in [-0.15, -0.1) is 0 Å². The molecule has 2 heterocycles. The molecule has 0 aliphatic rings. The van der Waals surface area contributed by atoms with Crippen LogP contribution in [0.15, 0.2) is 62.5 Å². The minimum atomic E-state index is -0.507. The molecule has 0 fully saturated rings. The molecule has 0 bridgehead atoms. The van der Waals surface area contributed by atoms with Gasteiger partial charge in [-0.2, -0.15) is 0 Å². The van der Waals surface area contributed by atoms with Crippen LogP contribution in [0.4, 0.5) is 0 Å². The number of aromatic nitrogens is 1. The summed E-state index contributed by atoms with van der Waals surface area (Å²) in [6, 6.07) is 11.7. The number of carbonyl (C=O) groups excluding carboxylic acids is 1. The predicted octanol–water partition coefficient (Wildman–Crippen LogP) is 2.23. The Labute approximate surface area is 136 Å². The Morgan fingerprint density at radius 2 is 2.00 bits per heavy atom. The summed E-state index contributed by atoms with van der Waals surface area (Å²) < 4.78 is 15.0. The molecule has 3 rings (SSSR count). The van der Waals surface area contributed by atoms with Crippen molar-refractivity contribution in [3.63, 3.8) is 0 Å². The molecule has 0 aliphatic carbocycles. The maximum Gasteiger partial charge on any atom is 0.335 e. The highest BCUT2D eigenvalue weighted by Gasteiger charge is 2.10. The molecule has 1 amide bonds. The van der Waals surface area contributed by atoms with Gasteiger partial charge >= 0.3 is 5.63 Å². The van der Waals surface area contributed by atoms with Gasteiger partial charge in [0.15, 0.2) is 5.76 Å². The minimum Gasteiger partial charge on any atom is -0.497 e. The molecule has 7 heteroatoms. The molecular formula is C17H14N2O5. The van der Waals surface area contributed by atoms with Crippen molar-refractivity contribution in [1.29, 1.82) is 0 Å². The molecular weight excluding hydrogens is 312 g/mol. The first-order chi connectivity index (χ1) is 11.7. The number of nitrogens with one attached hydrogen (secondary N) is 1. The monoisotopic (exact) mass is 326 g/mol. The summed E-state index contributed by atoms with van der Waals surface area (Å²) in [5, 5.41) is 6.59. The average Bonchev–Trinajstić information content (AvgIpc) is 3.09. The van der Waals surface area contributed by atoms with Crippen LogP contribution in [0, 0.1) is 0 Å². The van der Waals surface area contributed by atoms with Crippen molar-refractivity contribution >= 4 is 5.91 Å². The fourth-order valence-electron chi connectivity index (χ4n) is 2.05. The van der Waals surface area contributed by atoms with Crippen LogP contribution in [0.3, 0.4) is 0 Å². The van der Waals surface area contributed by atoms with Gasteiger partial charge in [0.2, 0.25) is 0 Å². The van der Waals surface area contributed by atoms with E-state index in [0.29, 0.717) is 11.5 Å². The van der Waals surface area contributed by atoms with Crippen molar-refractivity contribution in [1.82, 2.24) is 10.5 Å². The molecule has 0 atom stereocenters. The Morgan fingerprint density at radius 3 is 2.67 bits per heavy atom. The van der Waals surface area contributed by atoms with E-state index in [4.69, 9.17) is 9.26 Å². The fourth-order valence-corrected chi connectivity index (χ4v) is 2.05. The highest BCUT2D eigenvalue weighted by molar-refractivity contribution is 5.93. The zero-order valence-corrected chi connectivity index (χ0v) is 12.8. The van der Waals surface area contributed by atoms with Gasteiger partial charge in [-0.3, -0.25) is 4.79 Å². The Bertz CT molecular complexity index is 875. The lowest BCUT2D eigenvalue weighted by atomic mass is 10.1. The standard InChI is InChI=1S/C17H14N2O5/c1-22-14-5-2-11(3-6-14)15-8-13(19-24-15)9-18-17(21)12-4-7-16(20)23-10-12/h2-8,10H,9H2,1H3,(H,18,21). The van der Waals surface area contributed by atoms with Crippen molar-refractivity contribution in [3.05, 3.63) is 70.4 Å². The summed E-state index contributed by atoms with van der Waals surface area (Å²) in [7, 11) is 1.60. The summed E-state index contributed by atoms with van der Waals surface area (Å²) >= 11 is 0. The number of ether oxygens (including phenoxy) is 1. The SMILES string of the molecule is COc1ccc(-c2cc(CNC(=O)c3ccc(=O)oc3)no2)cc1. The number of hydrogen-bond donors (Lipinski definition) is 1. The van der Waals surface area contributed by atoms with E-state index in [1.165, 1.54) is 12.1 Å². The normalized spacial score (nSPS) is 10.4. The van der Waals surface area contributed by atoms with Gasteiger partial charge in [-0.05, 0) is 30.3 Å². The number of benzene rings is 1. The molecule has 7 nitrogen and oxygen atoms in total. The molecule has 0 spiro atoms. The van der Waals surface area contributed by atoms with Crippen molar-refractivity contribution in [3.8, 4) is 17.1 Å². The highest BCUT2D eigenvalue weighted by atomic mass is 16.5. The van der Waals surface area contributed by atoms with Gasteiger partial charge in [0, 0.05) is 17.7 Å². The van der Waals surface area contributed by atoms with Gasteiger partial charge in [0.25, 0.3) is 5.91 Å². The van der Waals surface area contributed by atoms with Crippen LogP contribution in [0.1, 0.15) is 16.1 Å². The van der Waals surface area contributed by atoms with Gasteiger partial charge in [-0.1, -0.05) is 5.16 Å². The van der Waals surface area contributed by atoms with E-state index < -0.39 is 5.63 Å². The smallest absolute Gasteiger partial charge is 0.335 e. The van der Waals surface area contributed by atoms with E-state index in [1.54, 1.807) is 13.2 Å². The van der Waals surface area contributed by atoms with Gasteiger partial charge in [0.05, 0.1) is 19.2 Å². The zero-order valence-electron chi connectivity index (χ0n) is 12.8. The summed E-state index contributed by atoms with van der Waals surface area (Å²) in [5.41, 5.74) is 1.18. The number of methoxy groups -OCH3 is 1. The van der Waals surface area contributed by atoms with Crippen LogP contribution in [-0.4, -0.2) is 18.2 Å². The zero-order chi connectivity index (χ0) is 16.9. The van der Waals surface area contributed by atoms with Crippen LogP contribution in [-0.2, 0) is 6.54 Å². The van der Waals surface area contributed by atoms with Crippen molar-refractivity contribution in [2.24, 2.45) is 0 Å². The second-order valence-electron chi connectivity index (χ2n) is 4.94. The number of carbonyl (C=O) groups is 1. The van der Waals surface area contributed by atoms with E-state index in [-0.39, 0.29) is 18.0 Å². The van der Waals surface area contributed by atoms with Crippen LogP contribution in [0.25, 0.3) is 11.3 Å². The van der Waals surface area contributed by atoms with Crippen molar-refractivity contribution in [2.75, 3.05) is 7.11 Å². The molecule has 0 saturated carbocycles. The molecule has 122 valence electrons. The topological polar surface area (TPSA) is 94.6 Å². The summed E-state index contributed by atoms with van der Waals surface area (Å²) in [6.45, 7) is 0.192. The average molecular weight is 326 g/mol. The van der Waals surface area contributed by atoms with Crippen molar-refractivity contribution in [2.45, 2.75) is 6.54 Å². The number of nitrogens with zero attached hydrogens (tertiary/aromatic N) is 1. The Kier molecular flexibility index (Phi) is 4.42. The maximum absolute atomic E-state index is 11.9. The number of rotatable bonds is 5. The van der Waals surface area contributed by atoms with Gasteiger partial charge in [-0.25, -0.2) is 4.79 Å². The summed E-state index contributed by atoms with van der Waals surface area (Å²) in [4.78, 5) is 22.8. The first kappa shape index (κ1) is 15.5. The van der Waals surface area contributed by atoms with Crippen LogP contribution < -0.4 is 15.7 Å². The third kappa shape index (κ3) is 3.52. The largest absolute Gasteiger partial charge is 0.497 e. The van der Waals surface area contributed by atoms with Gasteiger partial charge in [0.1, 0.15) is 17.7 Å². The van der Waals surface area contributed by atoms with E-state index >= 15 is 0 Å². The minimum absolute atomic E-state index is 0.192. The molecule has 1 N–H and O–H groups in total. The molecule has 3 aromatic rings. The predicted molar refractivity (Wildman–Crippen MR) is 84.6 cm³/mol. The molecule has 0 aliphatic heterocycles. The first-order valence-corrected chi connectivity index (χ1v) is 7.13. The highest BCUT2D eigenvalue weighted by Crippen LogP contribution is 2.23.